The number of anilines is 2. The van der Waals surface area contributed by atoms with Crippen LogP contribution in [0.3, 0.4) is 0 Å². The Kier molecular flexibility index (Phi) is 8.18. The number of hydrogen-bond acceptors (Lipinski definition) is 4. The van der Waals surface area contributed by atoms with Gasteiger partial charge in [0.2, 0.25) is 0 Å². The van der Waals surface area contributed by atoms with E-state index in [-0.39, 0.29) is 11.1 Å². The van der Waals surface area contributed by atoms with E-state index >= 15 is 0 Å². The lowest BCUT2D eigenvalue weighted by atomic mass is 10.0. The molecule has 0 unspecified atom stereocenters. The molecule has 6 nitrogen and oxygen atoms in total. The number of nitrogens with one attached hydrogen (secondary N) is 2. The summed E-state index contributed by atoms with van der Waals surface area (Å²) in [7, 11) is 0. The summed E-state index contributed by atoms with van der Waals surface area (Å²) in [5.74, 6) is -1.04. The number of nitriles is 2. The van der Waals surface area contributed by atoms with Gasteiger partial charge in [-0.15, -0.1) is 0 Å². The lowest BCUT2D eigenvalue weighted by Crippen LogP contribution is -2.14. The zero-order valence-corrected chi connectivity index (χ0v) is 20.6. The predicted octanol–water partition coefficient (Wildman–Crippen LogP) is 6.01. The lowest BCUT2D eigenvalue weighted by Gasteiger charge is -2.09. The summed E-state index contributed by atoms with van der Waals surface area (Å²) in [6.07, 6.45) is 2.94. The van der Waals surface area contributed by atoms with E-state index < -0.39 is 11.8 Å². The summed E-state index contributed by atoms with van der Waals surface area (Å²) in [5, 5.41) is 24.7. The lowest BCUT2D eigenvalue weighted by molar-refractivity contribution is -0.113. The van der Waals surface area contributed by atoms with Gasteiger partial charge in [0.05, 0.1) is 0 Å². The van der Waals surface area contributed by atoms with E-state index in [9.17, 15) is 20.1 Å². The van der Waals surface area contributed by atoms with Crippen LogP contribution in [0.15, 0.2) is 71.8 Å². The SMILES string of the molecule is Cc1ccc(NC(=O)/C(C#N)=C/c2cccc(/C=C(\C#N)C(=O)Nc3ccc(C)cc3C)c2)c(C)c1. The number of aryl methyl sites for hydroxylation is 4. The van der Waals surface area contributed by atoms with Crippen molar-refractivity contribution in [2.45, 2.75) is 27.7 Å². The first-order valence-electron chi connectivity index (χ1n) is 11.3. The van der Waals surface area contributed by atoms with Gasteiger partial charge < -0.3 is 10.6 Å². The van der Waals surface area contributed by atoms with Gasteiger partial charge >= 0.3 is 0 Å². The minimum absolute atomic E-state index is 0.0656. The Labute approximate surface area is 211 Å². The molecule has 2 amide bonds. The van der Waals surface area contributed by atoms with Crippen LogP contribution in [0.2, 0.25) is 0 Å². The van der Waals surface area contributed by atoms with E-state index in [1.165, 1.54) is 12.2 Å². The highest BCUT2D eigenvalue weighted by Crippen LogP contribution is 2.20. The van der Waals surface area contributed by atoms with Crippen molar-refractivity contribution in [1.29, 1.82) is 10.5 Å². The molecule has 0 atom stereocenters. The molecule has 0 bridgehead atoms. The Morgan fingerprint density at radius 1 is 0.667 bits per heavy atom. The first-order valence-corrected chi connectivity index (χ1v) is 11.3. The largest absolute Gasteiger partial charge is 0.321 e. The molecule has 178 valence electrons. The van der Waals surface area contributed by atoms with Gasteiger partial charge in [-0.2, -0.15) is 10.5 Å². The third-order valence-corrected chi connectivity index (χ3v) is 5.52. The molecule has 6 heteroatoms. The van der Waals surface area contributed by atoms with Crippen molar-refractivity contribution in [3.8, 4) is 12.1 Å². The summed E-state index contributed by atoms with van der Waals surface area (Å²) in [6, 6.07) is 22.1. The fourth-order valence-electron chi connectivity index (χ4n) is 3.66. The van der Waals surface area contributed by atoms with Crippen molar-refractivity contribution in [2.24, 2.45) is 0 Å². The maximum atomic E-state index is 12.7. The molecular weight excluding hydrogens is 448 g/mol. The normalized spacial score (nSPS) is 11.3. The monoisotopic (exact) mass is 474 g/mol. The molecule has 0 aliphatic rings. The summed E-state index contributed by atoms with van der Waals surface area (Å²) in [5.41, 5.74) is 6.26. The van der Waals surface area contributed by atoms with Crippen LogP contribution in [0.4, 0.5) is 11.4 Å². The minimum atomic E-state index is -0.518. The molecule has 0 fully saturated rings. The molecule has 0 aromatic heterocycles. The molecule has 0 aliphatic carbocycles. The van der Waals surface area contributed by atoms with E-state index in [4.69, 9.17) is 0 Å². The minimum Gasteiger partial charge on any atom is -0.321 e. The standard InChI is InChI=1S/C30H26N4O2/c1-19-8-10-27(21(3)12-19)33-29(35)25(17-31)15-23-6-5-7-24(14-23)16-26(18-32)30(36)34-28-11-9-20(2)13-22(28)4/h5-16H,1-4H3,(H,33,35)(H,34,36)/b25-15+,26-16+. The van der Waals surface area contributed by atoms with Gasteiger partial charge in [0.15, 0.2) is 0 Å². The van der Waals surface area contributed by atoms with E-state index in [0.29, 0.717) is 22.5 Å². The molecule has 36 heavy (non-hydrogen) atoms. The second-order valence-electron chi connectivity index (χ2n) is 8.55. The van der Waals surface area contributed by atoms with Crippen LogP contribution in [0, 0.1) is 50.4 Å². The molecule has 0 heterocycles. The highest BCUT2D eigenvalue weighted by Gasteiger charge is 2.13. The van der Waals surface area contributed by atoms with E-state index in [1.54, 1.807) is 36.4 Å². The molecule has 3 aromatic carbocycles. The molecule has 0 aliphatic heterocycles. The molecule has 3 aromatic rings. The third kappa shape index (κ3) is 6.56. The van der Waals surface area contributed by atoms with Gasteiger partial charge in [0.25, 0.3) is 11.8 Å². The Bertz CT molecular complexity index is 1370. The first-order chi connectivity index (χ1) is 17.2. The fraction of sp³-hybridized carbons (Fsp3) is 0.133. The van der Waals surface area contributed by atoms with E-state index in [0.717, 1.165) is 22.3 Å². The Balaban J connectivity index is 1.82. The van der Waals surface area contributed by atoms with Gasteiger partial charge in [-0.25, -0.2) is 0 Å². The number of rotatable bonds is 6. The van der Waals surface area contributed by atoms with Gasteiger partial charge in [-0.3, -0.25) is 9.59 Å². The highest BCUT2D eigenvalue weighted by molar-refractivity contribution is 6.11. The molecule has 2 N–H and O–H groups in total. The van der Waals surface area contributed by atoms with Crippen LogP contribution in [0.1, 0.15) is 33.4 Å². The van der Waals surface area contributed by atoms with Crippen molar-refractivity contribution < 1.29 is 9.59 Å². The van der Waals surface area contributed by atoms with Gasteiger partial charge in [0.1, 0.15) is 23.3 Å². The maximum Gasteiger partial charge on any atom is 0.266 e. The van der Waals surface area contributed by atoms with Crippen LogP contribution in [-0.4, -0.2) is 11.8 Å². The Morgan fingerprint density at radius 2 is 1.08 bits per heavy atom. The van der Waals surface area contributed by atoms with Crippen LogP contribution in [0.25, 0.3) is 12.2 Å². The molecule has 0 spiro atoms. The number of hydrogen-bond donors (Lipinski definition) is 2. The highest BCUT2D eigenvalue weighted by atomic mass is 16.2. The third-order valence-electron chi connectivity index (χ3n) is 5.52. The Hall–Kier alpha value is -4.94. The number of carbonyl (C=O) groups excluding carboxylic acids is 2. The second-order valence-corrected chi connectivity index (χ2v) is 8.55. The number of carbonyl (C=O) groups is 2. The maximum absolute atomic E-state index is 12.7. The summed E-state index contributed by atoms with van der Waals surface area (Å²) in [6.45, 7) is 7.70. The van der Waals surface area contributed by atoms with Crippen LogP contribution in [-0.2, 0) is 9.59 Å². The number of benzene rings is 3. The Morgan fingerprint density at radius 3 is 1.44 bits per heavy atom. The van der Waals surface area contributed by atoms with Gasteiger partial charge in [-0.05, 0) is 80.3 Å². The van der Waals surface area contributed by atoms with E-state index in [2.05, 4.69) is 10.6 Å². The molecule has 3 rings (SSSR count). The summed E-state index contributed by atoms with van der Waals surface area (Å²) in [4.78, 5) is 25.4. The molecule has 0 saturated carbocycles. The average molecular weight is 475 g/mol. The average Bonchev–Trinajstić information content (AvgIpc) is 2.84. The zero-order chi connectivity index (χ0) is 26.2. The van der Waals surface area contributed by atoms with Crippen molar-refractivity contribution in [1.82, 2.24) is 0 Å². The quantitative estimate of drug-likeness (QED) is 0.337. The van der Waals surface area contributed by atoms with Gasteiger partial charge in [-0.1, -0.05) is 53.6 Å². The first kappa shape index (κ1) is 25.7. The van der Waals surface area contributed by atoms with Crippen molar-refractivity contribution in [3.63, 3.8) is 0 Å². The van der Waals surface area contributed by atoms with E-state index in [1.807, 2.05) is 64.1 Å². The molecule has 0 saturated heterocycles. The number of amides is 2. The second kappa shape index (κ2) is 11.5. The summed E-state index contributed by atoms with van der Waals surface area (Å²) >= 11 is 0. The van der Waals surface area contributed by atoms with Crippen LogP contribution < -0.4 is 10.6 Å². The van der Waals surface area contributed by atoms with Crippen molar-refractivity contribution in [2.75, 3.05) is 10.6 Å². The zero-order valence-electron chi connectivity index (χ0n) is 20.6. The van der Waals surface area contributed by atoms with Crippen LogP contribution in [0.5, 0.6) is 0 Å². The predicted molar refractivity (Wildman–Crippen MR) is 143 cm³/mol. The summed E-state index contributed by atoms with van der Waals surface area (Å²) < 4.78 is 0. The fourth-order valence-corrected chi connectivity index (χ4v) is 3.66. The van der Waals surface area contributed by atoms with Crippen molar-refractivity contribution in [3.05, 3.63) is 105 Å². The number of nitrogens with zero attached hydrogens (tertiary/aromatic N) is 2. The van der Waals surface area contributed by atoms with Crippen LogP contribution >= 0.6 is 0 Å². The molecular formula is C30H26N4O2. The van der Waals surface area contributed by atoms with Crippen molar-refractivity contribution >= 4 is 35.3 Å². The van der Waals surface area contributed by atoms with Gasteiger partial charge in [0, 0.05) is 11.4 Å². The molecule has 0 radical (unpaired) electrons. The topological polar surface area (TPSA) is 106 Å². The smallest absolute Gasteiger partial charge is 0.266 e.